The molecule has 0 aromatic heterocycles. The van der Waals surface area contributed by atoms with Gasteiger partial charge >= 0.3 is 5.97 Å². The molecule has 0 bridgehead atoms. The zero-order valence-electron chi connectivity index (χ0n) is 13.0. The number of aryl methyl sites for hydroxylation is 1. The maximum Gasteiger partial charge on any atom is 0.320 e. The van der Waals surface area contributed by atoms with Crippen LogP contribution in [0.1, 0.15) is 44.2 Å². The number of hydrogen-bond donors (Lipinski definition) is 2. The number of ether oxygens (including phenoxy) is 1. The lowest BCUT2D eigenvalue weighted by molar-refractivity contribution is -0.138. The lowest BCUT2D eigenvalue weighted by Crippen LogP contribution is -2.32. The number of carboxylic acids is 1. The Morgan fingerprint density at radius 2 is 1.90 bits per heavy atom. The molecule has 2 unspecified atom stereocenters. The number of rotatable bonds is 10. The molecule has 2 atom stereocenters. The lowest BCUT2D eigenvalue weighted by Gasteiger charge is -2.12. The molecule has 21 heavy (non-hydrogen) atoms. The van der Waals surface area contributed by atoms with E-state index in [-0.39, 0.29) is 0 Å². The van der Waals surface area contributed by atoms with Crippen molar-refractivity contribution in [2.45, 2.75) is 58.1 Å². The summed E-state index contributed by atoms with van der Waals surface area (Å²) in [5.41, 5.74) is 7.76. The molecule has 0 aliphatic rings. The second-order valence-electron chi connectivity index (χ2n) is 5.54. The van der Waals surface area contributed by atoms with Crippen molar-refractivity contribution in [1.29, 1.82) is 0 Å². The molecular formula is C17H27NO3. The van der Waals surface area contributed by atoms with Crippen molar-refractivity contribution < 1.29 is 14.6 Å². The van der Waals surface area contributed by atoms with Crippen LogP contribution < -0.4 is 5.73 Å². The smallest absolute Gasteiger partial charge is 0.320 e. The van der Waals surface area contributed by atoms with Crippen LogP contribution in [0.3, 0.4) is 0 Å². The van der Waals surface area contributed by atoms with Gasteiger partial charge in [-0.15, -0.1) is 0 Å². The van der Waals surface area contributed by atoms with Crippen LogP contribution in [0.25, 0.3) is 0 Å². The Hall–Kier alpha value is -1.39. The minimum atomic E-state index is -0.958. The van der Waals surface area contributed by atoms with E-state index in [1.54, 1.807) is 0 Å². The molecule has 0 fully saturated rings. The van der Waals surface area contributed by atoms with Crippen molar-refractivity contribution in [3.05, 3.63) is 35.4 Å². The van der Waals surface area contributed by atoms with Crippen LogP contribution in [0.2, 0.25) is 0 Å². The van der Waals surface area contributed by atoms with Crippen molar-refractivity contribution in [2.24, 2.45) is 5.73 Å². The molecule has 1 rings (SSSR count). The Kier molecular flexibility index (Phi) is 8.01. The fraction of sp³-hybridized carbons (Fsp3) is 0.588. The Morgan fingerprint density at radius 3 is 2.48 bits per heavy atom. The van der Waals surface area contributed by atoms with Gasteiger partial charge in [-0.25, -0.2) is 0 Å². The number of carboxylic acid groups (broad SMARTS) is 1. The molecule has 0 amide bonds. The fourth-order valence-corrected chi connectivity index (χ4v) is 2.18. The van der Waals surface area contributed by atoms with Gasteiger partial charge in [0, 0.05) is 6.61 Å². The monoisotopic (exact) mass is 293 g/mol. The molecule has 3 N–H and O–H groups in total. The van der Waals surface area contributed by atoms with E-state index in [1.807, 2.05) is 12.1 Å². The first kappa shape index (κ1) is 17.7. The summed E-state index contributed by atoms with van der Waals surface area (Å²) in [6.07, 6.45) is 4.93. The topological polar surface area (TPSA) is 72.5 Å². The van der Waals surface area contributed by atoms with Gasteiger partial charge in [0.1, 0.15) is 6.04 Å². The number of aliphatic carboxylic acids is 1. The maximum absolute atomic E-state index is 10.7. The van der Waals surface area contributed by atoms with Crippen molar-refractivity contribution >= 4 is 5.97 Å². The van der Waals surface area contributed by atoms with E-state index in [9.17, 15) is 4.79 Å². The minimum absolute atomic E-state index is 0.317. The highest BCUT2D eigenvalue weighted by Crippen LogP contribution is 2.11. The quantitative estimate of drug-likeness (QED) is 0.696. The van der Waals surface area contributed by atoms with Gasteiger partial charge in [0.05, 0.1) is 6.10 Å². The summed E-state index contributed by atoms with van der Waals surface area (Å²) in [7, 11) is 0. The molecule has 1 aromatic carbocycles. The van der Waals surface area contributed by atoms with Crippen molar-refractivity contribution in [3.8, 4) is 0 Å². The largest absolute Gasteiger partial charge is 0.480 e. The van der Waals surface area contributed by atoms with Crippen LogP contribution in [0, 0.1) is 0 Å². The summed E-state index contributed by atoms with van der Waals surface area (Å²) in [4.78, 5) is 10.7. The van der Waals surface area contributed by atoms with E-state index in [4.69, 9.17) is 15.6 Å². The summed E-state index contributed by atoms with van der Waals surface area (Å²) in [5, 5.41) is 8.79. The van der Waals surface area contributed by atoms with Gasteiger partial charge in [0.25, 0.3) is 0 Å². The van der Waals surface area contributed by atoms with Gasteiger partial charge in [-0.05, 0) is 50.2 Å². The third-order valence-corrected chi connectivity index (χ3v) is 3.48. The summed E-state index contributed by atoms with van der Waals surface area (Å²) >= 11 is 0. The van der Waals surface area contributed by atoms with Crippen LogP contribution in [0.4, 0.5) is 0 Å². The molecule has 0 aliphatic heterocycles. The highest BCUT2D eigenvalue weighted by atomic mass is 16.5. The second-order valence-corrected chi connectivity index (χ2v) is 5.54. The van der Waals surface area contributed by atoms with Crippen LogP contribution >= 0.6 is 0 Å². The zero-order chi connectivity index (χ0) is 15.7. The SMILES string of the molecule is CCCOC(C)CCCc1ccc(CC(N)C(=O)O)cc1. The third kappa shape index (κ3) is 7.25. The Morgan fingerprint density at radius 1 is 1.29 bits per heavy atom. The average molecular weight is 293 g/mol. The second kappa shape index (κ2) is 9.53. The molecule has 0 radical (unpaired) electrons. The first-order valence-corrected chi connectivity index (χ1v) is 7.70. The predicted molar refractivity (Wildman–Crippen MR) is 84.4 cm³/mol. The Balaban J connectivity index is 2.32. The van der Waals surface area contributed by atoms with Gasteiger partial charge in [-0.2, -0.15) is 0 Å². The fourth-order valence-electron chi connectivity index (χ4n) is 2.18. The Bertz CT molecular complexity index is 417. The van der Waals surface area contributed by atoms with E-state index < -0.39 is 12.0 Å². The summed E-state index contributed by atoms with van der Waals surface area (Å²) in [6, 6.07) is 7.22. The zero-order valence-corrected chi connectivity index (χ0v) is 13.0. The van der Waals surface area contributed by atoms with Gasteiger partial charge in [0.2, 0.25) is 0 Å². The molecule has 118 valence electrons. The van der Waals surface area contributed by atoms with E-state index in [0.29, 0.717) is 12.5 Å². The van der Waals surface area contributed by atoms with E-state index in [1.165, 1.54) is 5.56 Å². The predicted octanol–water partition coefficient (Wildman–Crippen LogP) is 2.78. The van der Waals surface area contributed by atoms with E-state index in [0.717, 1.165) is 37.9 Å². The molecule has 1 aromatic rings. The molecule has 0 saturated carbocycles. The van der Waals surface area contributed by atoms with E-state index >= 15 is 0 Å². The minimum Gasteiger partial charge on any atom is -0.480 e. The number of carbonyl (C=O) groups is 1. The van der Waals surface area contributed by atoms with Crippen molar-refractivity contribution in [1.82, 2.24) is 0 Å². The summed E-state index contributed by atoms with van der Waals surface area (Å²) in [6.45, 7) is 5.07. The number of benzene rings is 1. The summed E-state index contributed by atoms with van der Waals surface area (Å²) < 4.78 is 5.64. The highest BCUT2D eigenvalue weighted by Gasteiger charge is 2.11. The first-order valence-electron chi connectivity index (χ1n) is 7.70. The molecule has 4 nitrogen and oxygen atoms in total. The molecule has 0 aliphatic carbocycles. The molecule has 0 saturated heterocycles. The Labute approximate surface area is 127 Å². The van der Waals surface area contributed by atoms with Crippen LogP contribution in [0.5, 0.6) is 0 Å². The average Bonchev–Trinajstić information content (AvgIpc) is 2.46. The van der Waals surface area contributed by atoms with Crippen molar-refractivity contribution in [3.63, 3.8) is 0 Å². The lowest BCUT2D eigenvalue weighted by atomic mass is 10.0. The van der Waals surface area contributed by atoms with Gasteiger partial charge in [-0.1, -0.05) is 31.2 Å². The standard InChI is InChI=1S/C17H27NO3/c1-3-11-21-13(2)5-4-6-14-7-9-15(10-8-14)12-16(18)17(19)20/h7-10,13,16H,3-6,11-12,18H2,1-2H3,(H,19,20). The van der Waals surface area contributed by atoms with Crippen molar-refractivity contribution in [2.75, 3.05) is 6.61 Å². The maximum atomic E-state index is 10.7. The number of hydrogen-bond acceptors (Lipinski definition) is 3. The molecule has 4 heteroatoms. The molecular weight excluding hydrogens is 266 g/mol. The van der Waals surface area contributed by atoms with E-state index in [2.05, 4.69) is 26.0 Å². The van der Waals surface area contributed by atoms with Crippen LogP contribution in [-0.2, 0) is 22.4 Å². The first-order chi connectivity index (χ1) is 10.0. The van der Waals surface area contributed by atoms with Crippen LogP contribution in [0.15, 0.2) is 24.3 Å². The molecule has 0 spiro atoms. The molecule has 0 heterocycles. The van der Waals surface area contributed by atoms with Gasteiger partial charge in [-0.3, -0.25) is 4.79 Å². The summed E-state index contributed by atoms with van der Waals surface area (Å²) in [5.74, 6) is -0.958. The van der Waals surface area contributed by atoms with Gasteiger partial charge in [0.15, 0.2) is 0 Å². The third-order valence-electron chi connectivity index (χ3n) is 3.48. The highest BCUT2D eigenvalue weighted by molar-refractivity contribution is 5.73. The van der Waals surface area contributed by atoms with Crippen LogP contribution in [-0.4, -0.2) is 29.8 Å². The number of nitrogens with two attached hydrogens (primary N) is 1. The normalized spacial score (nSPS) is 13.9. The van der Waals surface area contributed by atoms with Gasteiger partial charge < -0.3 is 15.6 Å².